The van der Waals surface area contributed by atoms with Gasteiger partial charge in [-0.1, -0.05) is 112 Å². The minimum Gasteiger partial charge on any atom is -0.212 e. The van der Waals surface area contributed by atoms with Crippen molar-refractivity contribution >= 4 is 10.8 Å². The maximum atomic E-state index is 4.88. The number of benzene rings is 4. The molecule has 1 heterocycles. The van der Waals surface area contributed by atoms with Gasteiger partial charge in [0.25, 0.3) is 0 Å². The molecule has 4 aromatic carbocycles. The maximum absolute atomic E-state index is 4.88. The van der Waals surface area contributed by atoms with E-state index < -0.39 is 0 Å². The third kappa shape index (κ3) is 3.90. The summed E-state index contributed by atoms with van der Waals surface area (Å²) in [5.74, 6) is 2.19. The van der Waals surface area contributed by atoms with Crippen molar-refractivity contribution in [3.05, 3.63) is 103 Å². The molecule has 0 radical (unpaired) electrons. The first-order chi connectivity index (χ1) is 15.5. The van der Waals surface area contributed by atoms with Gasteiger partial charge in [-0.05, 0) is 28.0 Å². The number of nitrogens with zero attached hydrogens (tertiary/aromatic N) is 3. The molecule has 0 bridgehead atoms. The average Bonchev–Trinajstić information content (AvgIpc) is 2.83. The zero-order valence-electron chi connectivity index (χ0n) is 18.6. The molecule has 5 rings (SSSR count). The quantitative estimate of drug-likeness (QED) is 0.310. The fourth-order valence-corrected chi connectivity index (χ4v) is 3.86. The van der Waals surface area contributed by atoms with Crippen LogP contribution in [0.5, 0.6) is 0 Å². The highest BCUT2D eigenvalue weighted by Crippen LogP contribution is 2.32. The van der Waals surface area contributed by atoms with Gasteiger partial charge in [-0.3, -0.25) is 0 Å². The second-order valence-corrected chi connectivity index (χ2v) is 9.03. The van der Waals surface area contributed by atoms with Crippen LogP contribution in [-0.4, -0.2) is 15.0 Å². The minimum atomic E-state index is -0.186. The molecule has 0 fully saturated rings. The molecule has 3 nitrogen and oxygen atoms in total. The Morgan fingerprint density at radius 1 is 0.531 bits per heavy atom. The van der Waals surface area contributed by atoms with Crippen LogP contribution < -0.4 is 0 Å². The van der Waals surface area contributed by atoms with Crippen molar-refractivity contribution in [3.63, 3.8) is 0 Å². The van der Waals surface area contributed by atoms with Crippen LogP contribution in [0, 0.1) is 0 Å². The van der Waals surface area contributed by atoms with Crippen molar-refractivity contribution in [1.82, 2.24) is 15.0 Å². The fraction of sp³-hybridized carbons (Fsp3) is 0.138. The van der Waals surface area contributed by atoms with Crippen LogP contribution in [-0.2, 0) is 5.41 Å². The third-order valence-corrected chi connectivity index (χ3v) is 5.56. The number of hydrogen-bond donors (Lipinski definition) is 0. The Balaban J connectivity index is 1.67. The van der Waals surface area contributed by atoms with Gasteiger partial charge in [0, 0.05) is 16.5 Å². The molecule has 0 N–H and O–H groups in total. The Hall–Kier alpha value is -3.85. The summed E-state index contributed by atoms with van der Waals surface area (Å²) >= 11 is 0. The minimum absolute atomic E-state index is 0.186. The highest BCUT2D eigenvalue weighted by Gasteiger charge is 2.21. The van der Waals surface area contributed by atoms with Crippen LogP contribution in [0.15, 0.2) is 97.1 Å². The summed E-state index contributed by atoms with van der Waals surface area (Å²) in [6, 6.07) is 33.5. The van der Waals surface area contributed by atoms with Gasteiger partial charge in [0.15, 0.2) is 11.6 Å². The van der Waals surface area contributed by atoms with Gasteiger partial charge >= 0.3 is 0 Å². The van der Waals surface area contributed by atoms with Crippen molar-refractivity contribution in [3.8, 4) is 33.9 Å². The van der Waals surface area contributed by atoms with Crippen molar-refractivity contribution in [2.24, 2.45) is 0 Å². The predicted octanol–water partition coefficient (Wildman–Crippen LogP) is 7.32. The molecule has 0 aliphatic rings. The van der Waals surface area contributed by atoms with E-state index >= 15 is 0 Å². The van der Waals surface area contributed by atoms with Gasteiger partial charge in [-0.25, -0.2) is 15.0 Å². The lowest BCUT2D eigenvalue weighted by Crippen LogP contribution is -2.18. The summed E-state index contributed by atoms with van der Waals surface area (Å²) in [6.07, 6.45) is 0. The van der Waals surface area contributed by atoms with Crippen LogP contribution in [0.1, 0.15) is 26.6 Å². The van der Waals surface area contributed by atoms with E-state index in [1.54, 1.807) is 0 Å². The van der Waals surface area contributed by atoms with E-state index in [9.17, 15) is 0 Å². The van der Waals surface area contributed by atoms with E-state index in [4.69, 9.17) is 15.0 Å². The first kappa shape index (κ1) is 20.1. The number of fused-ring (bicyclic) bond motifs is 1. The molecule has 0 amide bonds. The highest BCUT2D eigenvalue weighted by molar-refractivity contribution is 5.97. The summed E-state index contributed by atoms with van der Waals surface area (Å²) in [5, 5.41) is 2.47. The van der Waals surface area contributed by atoms with Crippen LogP contribution in [0.2, 0.25) is 0 Å². The Bertz CT molecular complexity index is 1390. The third-order valence-electron chi connectivity index (χ3n) is 5.56. The molecular formula is C29H25N3. The standard InChI is InChI=1S/C29H25N3/c1-29(2,3)28-31-26(21-12-5-4-6-13-21)30-27(32-28)23-16-9-15-22(19-23)25-18-10-14-20-11-7-8-17-24(20)25/h4-19H,1-3H3. The highest BCUT2D eigenvalue weighted by atomic mass is 15.0. The molecule has 0 unspecified atom stereocenters. The monoisotopic (exact) mass is 415 g/mol. The van der Waals surface area contributed by atoms with E-state index in [0.29, 0.717) is 11.6 Å². The van der Waals surface area contributed by atoms with Crippen LogP contribution >= 0.6 is 0 Å². The summed E-state index contributed by atoms with van der Waals surface area (Å²) in [4.78, 5) is 14.5. The van der Waals surface area contributed by atoms with Crippen LogP contribution in [0.25, 0.3) is 44.7 Å². The summed E-state index contributed by atoms with van der Waals surface area (Å²) in [5.41, 5.74) is 4.15. The van der Waals surface area contributed by atoms with E-state index in [1.165, 1.54) is 16.3 Å². The first-order valence-electron chi connectivity index (χ1n) is 10.9. The summed E-state index contributed by atoms with van der Waals surface area (Å²) in [6.45, 7) is 6.40. The van der Waals surface area contributed by atoms with Crippen molar-refractivity contribution in [2.45, 2.75) is 26.2 Å². The fourth-order valence-electron chi connectivity index (χ4n) is 3.86. The number of rotatable bonds is 3. The molecule has 1 aromatic heterocycles. The predicted molar refractivity (Wildman–Crippen MR) is 132 cm³/mol. The molecule has 156 valence electrons. The number of aromatic nitrogens is 3. The number of hydrogen-bond acceptors (Lipinski definition) is 3. The Morgan fingerprint density at radius 2 is 1.12 bits per heavy atom. The SMILES string of the molecule is CC(C)(C)c1nc(-c2ccccc2)nc(-c2cccc(-c3cccc4ccccc34)c2)n1. The Labute approximate surface area is 188 Å². The van der Waals surface area contributed by atoms with Gasteiger partial charge in [-0.2, -0.15) is 0 Å². The zero-order valence-corrected chi connectivity index (χ0v) is 18.6. The van der Waals surface area contributed by atoms with Gasteiger partial charge in [0.2, 0.25) is 0 Å². The Morgan fingerprint density at radius 3 is 1.91 bits per heavy atom. The second kappa shape index (κ2) is 8.01. The van der Waals surface area contributed by atoms with Gasteiger partial charge in [-0.15, -0.1) is 0 Å². The lowest BCUT2D eigenvalue weighted by molar-refractivity contribution is 0.543. The van der Waals surface area contributed by atoms with E-state index in [-0.39, 0.29) is 5.41 Å². The van der Waals surface area contributed by atoms with E-state index in [0.717, 1.165) is 22.5 Å². The molecule has 0 saturated heterocycles. The van der Waals surface area contributed by atoms with Crippen LogP contribution in [0.3, 0.4) is 0 Å². The van der Waals surface area contributed by atoms with Crippen LogP contribution in [0.4, 0.5) is 0 Å². The lowest BCUT2D eigenvalue weighted by atomic mass is 9.95. The molecule has 3 heteroatoms. The Kier molecular flexibility index (Phi) is 5.02. The first-order valence-corrected chi connectivity index (χ1v) is 10.9. The normalized spacial score (nSPS) is 11.6. The molecule has 5 aromatic rings. The van der Waals surface area contributed by atoms with E-state index in [2.05, 4.69) is 87.5 Å². The average molecular weight is 416 g/mol. The maximum Gasteiger partial charge on any atom is 0.163 e. The topological polar surface area (TPSA) is 38.7 Å². The molecule has 0 spiro atoms. The smallest absolute Gasteiger partial charge is 0.163 e. The van der Waals surface area contributed by atoms with Crippen molar-refractivity contribution in [2.75, 3.05) is 0 Å². The lowest BCUT2D eigenvalue weighted by Gasteiger charge is -2.18. The second-order valence-electron chi connectivity index (χ2n) is 9.03. The zero-order chi connectivity index (χ0) is 22.1. The largest absolute Gasteiger partial charge is 0.212 e. The van der Waals surface area contributed by atoms with Crippen molar-refractivity contribution < 1.29 is 0 Å². The van der Waals surface area contributed by atoms with Gasteiger partial charge < -0.3 is 0 Å². The molecule has 0 atom stereocenters. The summed E-state index contributed by atoms with van der Waals surface area (Å²) in [7, 11) is 0. The van der Waals surface area contributed by atoms with Gasteiger partial charge in [0.1, 0.15) is 5.82 Å². The molecule has 0 saturated carbocycles. The molecular weight excluding hydrogens is 390 g/mol. The van der Waals surface area contributed by atoms with Gasteiger partial charge in [0.05, 0.1) is 0 Å². The summed E-state index contributed by atoms with van der Waals surface area (Å²) < 4.78 is 0. The molecule has 0 aliphatic heterocycles. The molecule has 32 heavy (non-hydrogen) atoms. The van der Waals surface area contributed by atoms with Crippen molar-refractivity contribution in [1.29, 1.82) is 0 Å². The molecule has 0 aliphatic carbocycles. The van der Waals surface area contributed by atoms with E-state index in [1.807, 2.05) is 30.3 Å².